The molecule has 4 nitrogen and oxygen atoms in total. The van der Waals surface area contributed by atoms with Crippen LogP contribution in [0.5, 0.6) is 0 Å². The molecule has 2 aromatic rings. The first-order valence-electron chi connectivity index (χ1n) is 5.43. The second-order valence-electron chi connectivity index (χ2n) is 4.65. The van der Waals surface area contributed by atoms with Crippen molar-refractivity contribution >= 4 is 17.0 Å². The maximum absolute atomic E-state index is 13.1. The van der Waals surface area contributed by atoms with Crippen molar-refractivity contribution in [2.45, 2.75) is 25.6 Å². The van der Waals surface area contributed by atoms with Crippen LogP contribution in [0.2, 0.25) is 0 Å². The van der Waals surface area contributed by atoms with Crippen molar-refractivity contribution in [1.29, 1.82) is 0 Å². The number of pyridine rings is 1. The molecule has 0 bridgehead atoms. The summed E-state index contributed by atoms with van der Waals surface area (Å²) in [5, 5.41) is 9.23. The maximum Gasteiger partial charge on any atom is 0.411 e. The summed E-state index contributed by atoms with van der Waals surface area (Å²) in [7, 11) is 0. The number of aromatic carboxylic acids is 1. The molecule has 0 aliphatic heterocycles. The quantitative estimate of drug-likeness (QED) is 0.914. The number of hydrogen-bond acceptors (Lipinski definition) is 2. The van der Waals surface area contributed by atoms with Crippen LogP contribution in [0, 0.1) is 0 Å². The minimum atomic E-state index is -4.52. The summed E-state index contributed by atoms with van der Waals surface area (Å²) in [6.45, 7) is 1.96. The average molecular weight is 272 g/mol. The zero-order valence-corrected chi connectivity index (χ0v) is 10.2. The lowest BCUT2D eigenvalue weighted by Crippen LogP contribution is -2.41. The lowest BCUT2D eigenvalue weighted by Gasteiger charge is -2.30. The van der Waals surface area contributed by atoms with E-state index >= 15 is 0 Å². The number of carboxylic acids is 1. The second kappa shape index (κ2) is 3.97. The van der Waals surface area contributed by atoms with Crippen LogP contribution in [-0.4, -0.2) is 26.8 Å². The number of hydrogen-bond donors (Lipinski definition) is 1. The molecule has 0 unspecified atom stereocenters. The molecule has 0 spiro atoms. The van der Waals surface area contributed by atoms with Crippen molar-refractivity contribution in [3.8, 4) is 0 Å². The third-order valence-electron chi connectivity index (χ3n) is 3.09. The van der Waals surface area contributed by atoms with E-state index in [9.17, 15) is 18.0 Å². The van der Waals surface area contributed by atoms with E-state index in [0.29, 0.717) is 0 Å². The topological polar surface area (TPSA) is 55.1 Å². The SMILES string of the molecule is CC(C)(n1cc(C(=O)O)c2cccnc21)C(F)(F)F. The largest absolute Gasteiger partial charge is 0.478 e. The molecule has 0 atom stereocenters. The third kappa shape index (κ3) is 1.94. The van der Waals surface area contributed by atoms with Crippen molar-refractivity contribution in [1.82, 2.24) is 9.55 Å². The number of carbonyl (C=O) groups is 1. The smallest absolute Gasteiger partial charge is 0.411 e. The van der Waals surface area contributed by atoms with Gasteiger partial charge in [-0.05, 0) is 26.0 Å². The molecular formula is C12H11F3N2O2. The van der Waals surface area contributed by atoms with Gasteiger partial charge in [0.2, 0.25) is 0 Å². The van der Waals surface area contributed by atoms with E-state index in [4.69, 9.17) is 5.11 Å². The van der Waals surface area contributed by atoms with Crippen LogP contribution in [0.15, 0.2) is 24.5 Å². The van der Waals surface area contributed by atoms with Crippen LogP contribution >= 0.6 is 0 Å². The molecule has 0 saturated carbocycles. The Morgan fingerprint density at radius 1 is 1.37 bits per heavy atom. The van der Waals surface area contributed by atoms with Crippen LogP contribution in [0.1, 0.15) is 24.2 Å². The Kier molecular flexibility index (Phi) is 2.80. The highest BCUT2D eigenvalue weighted by Gasteiger charge is 2.49. The van der Waals surface area contributed by atoms with Gasteiger partial charge in [-0.3, -0.25) is 0 Å². The van der Waals surface area contributed by atoms with E-state index in [-0.39, 0.29) is 16.6 Å². The average Bonchev–Trinajstić information content (AvgIpc) is 2.67. The van der Waals surface area contributed by atoms with E-state index < -0.39 is 17.7 Å². The molecule has 0 amide bonds. The van der Waals surface area contributed by atoms with E-state index in [0.717, 1.165) is 24.6 Å². The Morgan fingerprint density at radius 2 is 2.00 bits per heavy atom. The molecule has 0 saturated heterocycles. The first-order valence-corrected chi connectivity index (χ1v) is 5.43. The summed E-state index contributed by atoms with van der Waals surface area (Å²) < 4.78 is 40.0. The highest BCUT2D eigenvalue weighted by molar-refractivity contribution is 6.02. The van der Waals surface area contributed by atoms with Gasteiger partial charge in [-0.25, -0.2) is 9.78 Å². The zero-order chi connectivity index (χ0) is 14.4. The van der Waals surface area contributed by atoms with Gasteiger partial charge in [-0.1, -0.05) is 0 Å². The van der Waals surface area contributed by atoms with E-state index in [1.165, 1.54) is 18.3 Å². The molecular weight excluding hydrogens is 261 g/mol. The molecule has 19 heavy (non-hydrogen) atoms. The lowest BCUT2D eigenvalue weighted by atomic mass is 10.1. The van der Waals surface area contributed by atoms with Crippen molar-refractivity contribution in [3.63, 3.8) is 0 Å². The zero-order valence-electron chi connectivity index (χ0n) is 10.2. The molecule has 2 heterocycles. The Labute approximate surface area is 106 Å². The minimum Gasteiger partial charge on any atom is -0.478 e. The second-order valence-corrected chi connectivity index (χ2v) is 4.65. The number of halogens is 3. The van der Waals surface area contributed by atoms with Crippen LogP contribution in [0.25, 0.3) is 11.0 Å². The third-order valence-corrected chi connectivity index (χ3v) is 3.09. The van der Waals surface area contributed by atoms with E-state index in [1.807, 2.05) is 0 Å². The highest BCUT2D eigenvalue weighted by atomic mass is 19.4. The first-order chi connectivity index (χ1) is 8.66. The summed E-state index contributed by atoms with van der Waals surface area (Å²) >= 11 is 0. The van der Waals surface area contributed by atoms with Gasteiger partial charge in [0.25, 0.3) is 0 Å². The van der Waals surface area contributed by atoms with Crippen LogP contribution in [0.4, 0.5) is 13.2 Å². The van der Waals surface area contributed by atoms with Crippen molar-refractivity contribution in [2.24, 2.45) is 0 Å². The van der Waals surface area contributed by atoms with Gasteiger partial charge in [0, 0.05) is 17.8 Å². The normalized spacial score (nSPS) is 12.9. The standard InChI is InChI=1S/C12H11F3N2O2/c1-11(2,12(13,14)15)17-6-8(10(18)19)7-4-3-5-16-9(7)17/h3-6H,1-2H3,(H,18,19). The highest BCUT2D eigenvalue weighted by Crippen LogP contribution is 2.38. The maximum atomic E-state index is 13.1. The van der Waals surface area contributed by atoms with Crippen LogP contribution < -0.4 is 0 Å². The molecule has 0 aliphatic rings. The molecule has 2 rings (SSSR count). The molecule has 2 aromatic heterocycles. The van der Waals surface area contributed by atoms with Crippen LogP contribution in [0.3, 0.4) is 0 Å². The van der Waals surface area contributed by atoms with Gasteiger partial charge in [-0.2, -0.15) is 13.2 Å². The fourth-order valence-corrected chi connectivity index (χ4v) is 1.79. The number of alkyl halides is 3. The predicted octanol–water partition coefficient (Wildman–Crippen LogP) is 3.03. The van der Waals surface area contributed by atoms with Gasteiger partial charge in [-0.15, -0.1) is 0 Å². The van der Waals surface area contributed by atoms with Gasteiger partial charge < -0.3 is 9.67 Å². The van der Waals surface area contributed by atoms with Gasteiger partial charge in [0.15, 0.2) is 0 Å². The Balaban J connectivity index is 2.79. The minimum absolute atomic E-state index is 0.00206. The van der Waals surface area contributed by atoms with E-state index in [1.54, 1.807) is 0 Å². The summed E-state index contributed by atoms with van der Waals surface area (Å²) in [5.41, 5.74) is -2.43. The molecule has 1 N–H and O–H groups in total. The molecule has 0 fully saturated rings. The molecule has 102 valence electrons. The van der Waals surface area contributed by atoms with Crippen molar-refractivity contribution in [2.75, 3.05) is 0 Å². The summed E-state index contributed by atoms with van der Waals surface area (Å²) in [6.07, 6.45) is -2.21. The lowest BCUT2D eigenvalue weighted by molar-refractivity contribution is -0.201. The molecule has 0 aromatic carbocycles. The fraction of sp³-hybridized carbons (Fsp3) is 0.333. The number of aromatic nitrogens is 2. The molecule has 0 radical (unpaired) electrons. The number of nitrogens with zero attached hydrogens (tertiary/aromatic N) is 2. The summed E-state index contributed by atoms with van der Waals surface area (Å²) in [5.74, 6) is -1.28. The van der Waals surface area contributed by atoms with E-state index in [2.05, 4.69) is 4.98 Å². The molecule has 7 heteroatoms. The van der Waals surface area contributed by atoms with Gasteiger partial charge in [0.1, 0.15) is 11.2 Å². The number of rotatable bonds is 2. The Hall–Kier alpha value is -2.05. The Bertz CT molecular complexity index is 644. The van der Waals surface area contributed by atoms with Crippen molar-refractivity contribution in [3.05, 3.63) is 30.1 Å². The summed E-state index contributed by atoms with van der Waals surface area (Å²) in [6, 6.07) is 2.93. The fourth-order valence-electron chi connectivity index (χ4n) is 1.79. The van der Waals surface area contributed by atoms with Crippen LogP contribution in [-0.2, 0) is 5.54 Å². The van der Waals surface area contributed by atoms with Crippen molar-refractivity contribution < 1.29 is 23.1 Å². The van der Waals surface area contributed by atoms with Gasteiger partial charge >= 0.3 is 12.1 Å². The predicted molar refractivity (Wildman–Crippen MR) is 62.1 cm³/mol. The summed E-state index contributed by atoms with van der Waals surface area (Å²) in [4.78, 5) is 14.9. The first kappa shape index (κ1) is 13.4. The molecule has 0 aliphatic carbocycles. The number of carboxylic acid groups (broad SMARTS) is 1. The monoisotopic (exact) mass is 272 g/mol. The van der Waals surface area contributed by atoms with Gasteiger partial charge in [0.05, 0.1) is 5.56 Å². The number of fused-ring (bicyclic) bond motifs is 1. The Morgan fingerprint density at radius 3 is 2.53 bits per heavy atom.